The molecule has 2 N–H and O–H groups in total. The summed E-state index contributed by atoms with van der Waals surface area (Å²) in [5, 5.41) is 9.40. The summed E-state index contributed by atoms with van der Waals surface area (Å²) < 4.78 is 31.6. The van der Waals surface area contributed by atoms with Crippen LogP contribution >= 0.6 is 0 Å². The first-order chi connectivity index (χ1) is 10.9. The molecule has 0 amide bonds. The van der Waals surface area contributed by atoms with Crippen molar-refractivity contribution in [1.82, 2.24) is 14.3 Å². The van der Waals surface area contributed by atoms with E-state index in [9.17, 15) is 18.3 Å². The summed E-state index contributed by atoms with van der Waals surface area (Å²) in [7, 11) is -2.47. The fraction of sp³-hybridized carbons (Fsp3) is 0.286. The monoisotopic (exact) mass is 337 g/mol. The number of methoxy groups -OCH3 is 1. The average molecular weight is 337 g/mol. The molecule has 0 unspecified atom stereocenters. The SMILES string of the molecule is COc1ccc(S(=O)(=O)N2Cc3[nH]cnc3C[C@@H]2C(=O)O)cc1. The van der Waals surface area contributed by atoms with Crippen molar-refractivity contribution >= 4 is 16.0 Å². The Balaban J connectivity index is 2.01. The van der Waals surface area contributed by atoms with Crippen molar-refractivity contribution in [2.45, 2.75) is 23.9 Å². The second-order valence-corrected chi connectivity index (χ2v) is 7.00. The van der Waals surface area contributed by atoms with Gasteiger partial charge in [0.05, 0.1) is 36.3 Å². The molecule has 23 heavy (non-hydrogen) atoms. The number of carboxylic acid groups (broad SMARTS) is 1. The van der Waals surface area contributed by atoms with Gasteiger partial charge in [-0.2, -0.15) is 4.31 Å². The van der Waals surface area contributed by atoms with Gasteiger partial charge in [0.25, 0.3) is 0 Å². The van der Waals surface area contributed by atoms with Crippen molar-refractivity contribution < 1.29 is 23.1 Å². The molecule has 3 rings (SSSR count). The zero-order valence-electron chi connectivity index (χ0n) is 12.3. The van der Waals surface area contributed by atoms with E-state index in [1.807, 2.05) is 0 Å². The summed E-state index contributed by atoms with van der Waals surface area (Å²) in [6.45, 7) is -0.0549. The Kier molecular flexibility index (Phi) is 3.82. The van der Waals surface area contributed by atoms with E-state index in [-0.39, 0.29) is 17.9 Å². The fourth-order valence-corrected chi connectivity index (χ4v) is 4.11. The van der Waals surface area contributed by atoms with Crippen LogP contribution in [0.2, 0.25) is 0 Å². The van der Waals surface area contributed by atoms with Gasteiger partial charge in [-0.3, -0.25) is 4.79 Å². The number of sulfonamides is 1. The number of nitrogens with one attached hydrogen (secondary N) is 1. The van der Waals surface area contributed by atoms with Crippen LogP contribution in [0, 0.1) is 0 Å². The van der Waals surface area contributed by atoms with Gasteiger partial charge in [-0.25, -0.2) is 13.4 Å². The lowest BCUT2D eigenvalue weighted by Gasteiger charge is -2.31. The number of ether oxygens (including phenoxy) is 1. The number of carbonyl (C=O) groups is 1. The van der Waals surface area contributed by atoms with E-state index in [4.69, 9.17) is 4.74 Å². The van der Waals surface area contributed by atoms with Gasteiger partial charge in [0, 0.05) is 6.42 Å². The molecule has 9 heteroatoms. The lowest BCUT2D eigenvalue weighted by molar-refractivity contribution is -0.141. The molecule has 0 saturated carbocycles. The molecule has 1 aromatic heterocycles. The van der Waals surface area contributed by atoms with Crippen LogP contribution < -0.4 is 4.74 Å². The molecule has 1 atom stereocenters. The smallest absolute Gasteiger partial charge is 0.322 e. The van der Waals surface area contributed by atoms with E-state index in [1.54, 1.807) is 0 Å². The first-order valence-corrected chi connectivity index (χ1v) is 8.27. The van der Waals surface area contributed by atoms with Crippen molar-refractivity contribution in [3.63, 3.8) is 0 Å². The maximum atomic E-state index is 12.8. The minimum Gasteiger partial charge on any atom is -0.497 e. The number of benzene rings is 1. The highest BCUT2D eigenvalue weighted by Crippen LogP contribution is 2.28. The average Bonchev–Trinajstić information content (AvgIpc) is 3.01. The summed E-state index contributed by atoms with van der Waals surface area (Å²) in [5.41, 5.74) is 1.19. The number of fused-ring (bicyclic) bond motifs is 1. The van der Waals surface area contributed by atoms with Gasteiger partial charge in [-0.1, -0.05) is 0 Å². The predicted octanol–water partition coefficient (Wildman–Crippen LogP) is 0.618. The minimum atomic E-state index is -3.95. The topological polar surface area (TPSA) is 113 Å². The number of aromatic amines is 1. The Morgan fingerprint density at radius 2 is 2.09 bits per heavy atom. The number of imidazole rings is 1. The van der Waals surface area contributed by atoms with Crippen molar-refractivity contribution in [3.05, 3.63) is 42.0 Å². The molecule has 0 bridgehead atoms. The van der Waals surface area contributed by atoms with Gasteiger partial charge < -0.3 is 14.8 Å². The molecular formula is C14H15N3O5S. The van der Waals surface area contributed by atoms with Crippen molar-refractivity contribution in [2.24, 2.45) is 0 Å². The van der Waals surface area contributed by atoms with Crippen LogP contribution in [0.25, 0.3) is 0 Å². The molecular weight excluding hydrogens is 322 g/mol. The first kappa shape index (κ1) is 15.5. The molecule has 0 spiro atoms. The normalized spacial score (nSPS) is 18.4. The third-order valence-electron chi connectivity index (χ3n) is 3.81. The largest absolute Gasteiger partial charge is 0.497 e. The number of hydrogen-bond donors (Lipinski definition) is 2. The number of H-pyrrole nitrogens is 1. The zero-order valence-corrected chi connectivity index (χ0v) is 13.1. The summed E-state index contributed by atoms with van der Waals surface area (Å²) in [6.07, 6.45) is 1.47. The summed E-state index contributed by atoms with van der Waals surface area (Å²) >= 11 is 0. The van der Waals surface area contributed by atoms with Gasteiger partial charge >= 0.3 is 5.97 Å². The van der Waals surface area contributed by atoms with Gasteiger partial charge in [-0.05, 0) is 24.3 Å². The Labute approximate surface area is 132 Å². The van der Waals surface area contributed by atoms with Crippen LogP contribution in [-0.2, 0) is 27.8 Å². The molecule has 0 fully saturated rings. The van der Waals surface area contributed by atoms with Gasteiger partial charge in [0.15, 0.2) is 0 Å². The number of rotatable bonds is 4. The summed E-state index contributed by atoms with van der Waals surface area (Å²) in [5.74, 6) is -0.677. The van der Waals surface area contributed by atoms with Crippen LogP contribution in [0.3, 0.4) is 0 Å². The Morgan fingerprint density at radius 1 is 1.39 bits per heavy atom. The maximum absolute atomic E-state index is 12.8. The highest BCUT2D eigenvalue weighted by molar-refractivity contribution is 7.89. The third kappa shape index (κ3) is 2.68. The van der Waals surface area contributed by atoms with E-state index in [0.717, 1.165) is 4.31 Å². The number of aromatic nitrogens is 2. The molecule has 0 aliphatic carbocycles. The molecule has 1 aliphatic rings. The molecule has 0 saturated heterocycles. The lowest BCUT2D eigenvalue weighted by Crippen LogP contribution is -2.48. The van der Waals surface area contributed by atoms with Gasteiger partial charge in [-0.15, -0.1) is 0 Å². The van der Waals surface area contributed by atoms with Crippen molar-refractivity contribution in [3.8, 4) is 5.75 Å². The molecule has 1 aromatic carbocycles. The minimum absolute atomic E-state index is 0.0208. The van der Waals surface area contributed by atoms with Crippen molar-refractivity contribution in [1.29, 1.82) is 0 Å². The Bertz CT molecular complexity index is 828. The second-order valence-electron chi connectivity index (χ2n) is 5.11. The molecule has 8 nitrogen and oxygen atoms in total. The second kappa shape index (κ2) is 5.67. The highest BCUT2D eigenvalue weighted by Gasteiger charge is 2.40. The van der Waals surface area contributed by atoms with Crippen LogP contribution in [0.5, 0.6) is 5.75 Å². The standard InChI is InChI=1S/C14H15N3O5S/c1-22-9-2-4-10(5-3-9)23(20,21)17-7-12-11(15-8-16-12)6-13(17)14(18)19/h2-5,8,13H,6-7H2,1H3,(H,15,16)(H,18,19)/t13-/m1/s1. The molecule has 2 aromatic rings. The van der Waals surface area contributed by atoms with Crippen LogP contribution in [0.1, 0.15) is 11.4 Å². The number of hydrogen-bond acceptors (Lipinski definition) is 5. The third-order valence-corrected chi connectivity index (χ3v) is 5.68. The lowest BCUT2D eigenvalue weighted by atomic mass is 10.1. The van der Waals surface area contributed by atoms with Crippen LogP contribution in [0.4, 0.5) is 0 Å². The van der Waals surface area contributed by atoms with E-state index in [1.165, 1.54) is 37.7 Å². The Morgan fingerprint density at radius 3 is 2.70 bits per heavy atom. The molecule has 2 heterocycles. The number of carboxylic acids is 1. The number of nitrogens with zero attached hydrogens (tertiary/aromatic N) is 2. The highest BCUT2D eigenvalue weighted by atomic mass is 32.2. The van der Waals surface area contributed by atoms with E-state index in [2.05, 4.69) is 9.97 Å². The van der Waals surface area contributed by atoms with E-state index >= 15 is 0 Å². The molecule has 122 valence electrons. The van der Waals surface area contributed by atoms with Gasteiger partial charge in [0.2, 0.25) is 10.0 Å². The fourth-order valence-electron chi connectivity index (χ4n) is 2.56. The molecule has 1 aliphatic heterocycles. The quantitative estimate of drug-likeness (QED) is 0.845. The summed E-state index contributed by atoms with van der Waals surface area (Å²) in [4.78, 5) is 18.4. The van der Waals surface area contributed by atoms with Crippen molar-refractivity contribution in [2.75, 3.05) is 7.11 Å². The van der Waals surface area contributed by atoms with E-state index in [0.29, 0.717) is 17.1 Å². The summed E-state index contributed by atoms with van der Waals surface area (Å²) in [6, 6.07) is 4.66. The first-order valence-electron chi connectivity index (χ1n) is 6.83. The van der Waals surface area contributed by atoms with Crippen LogP contribution in [0.15, 0.2) is 35.5 Å². The Hall–Kier alpha value is -2.39. The van der Waals surface area contributed by atoms with Gasteiger partial charge in [0.1, 0.15) is 11.8 Å². The zero-order chi connectivity index (χ0) is 16.6. The van der Waals surface area contributed by atoms with Crippen LogP contribution in [-0.4, -0.2) is 46.9 Å². The maximum Gasteiger partial charge on any atom is 0.322 e. The predicted molar refractivity (Wildman–Crippen MR) is 79.4 cm³/mol. The molecule has 0 radical (unpaired) electrons. The number of aliphatic carboxylic acids is 1. The van der Waals surface area contributed by atoms with E-state index < -0.39 is 22.0 Å².